The summed E-state index contributed by atoms with van der Waals surface area (Å²) in [7, 11) is 2.73. The molecule has 0 aliphatic carbocycles. The van der Waals surface area contributed by atoms with Gasteiger partial charge in [-0.15, -0.1) is 0 Å². The lowest BCUT2D eigenvalue weighted by Gasteiger charge is -2.32. The van der Waals surface area contributed by atoms with Crippen LogP contribution in [0.1, 0.15) is 48.5 Å². The average Bonchev–Trinajstić information content (AvgIpc) is 3.15. The van der Waals surface area contributed by atoms with Gasteiger partial charge in [-0.05, 0) is 60.6 Å². The minimum absolute atomic E-state index is 0.290. The smallest absolute Gasteiger partial charge is 0.444 e. The lowest BCUT2D eigenvalue weighted by Crippen LogP contribution is -2.41. The van der Waals surface area contributed by atoms with E-state index in [1.165, 1.54) is 4.90 Å². The van der Waals surface area contributed by atoms with Gasteiger partial charge in [-0.25, -0.2) is 9.78 Å². The standard InChI is InChI=1S/C23H35BClN3O5/c1-21(2,3)31-20(29)27(8)12-16(30-9)13-28-14-26-18-11-15(25)10-17(19(18)28)24-32-22(4,5)23(6,7)33-24/h10-11,14,16H,12-13H2,1-9H3. The van der Waals surface area contributed by atoms with E-state index in [0.717, 1.165) is 16.5 Å². The lowest BCUT2D eigenvalue weighted by molar-refractivity contribution is 0.00578. The van der Waals surface area contributed by atoms with E-state index in [9.17, 15) is 4.79 Å². The maximum Gasteiger partial charge on any atom is 0.497 e. The third-order valence-corrected chi connectivity index (χ3v) is 6.35. The molecule has 3 rings (SSSR count). The summed E-state index contributed by atoms with van der Waals surface area (Å²) in [5, 5.41) is 0.561. The van der Waals surface area contributed by atoms with E-state index < -0.39 is 30.0 Å². The summed E-state index contributed by atoms with van der Waals surface area (Å²) in [4.78, 5) is 18.5. The molecule has 0 spiro atoms. The van der Waals surface area contributed by atoms with Crippen molar-refractivity contribution >= 4 is 41.3 Å². The molecule has 33 heavy (non-hydrogen) atoms. The molecule has 2 heterocycles. The first-order chi connectivity index (χ1) is 15.1. The fourth-order valence-corrected chi connectivity index (χ4v) is 3.86. The van der Waals surface area contributed by atoms with Gasteiger partial charge in [0.25, 0.3) is 0 Å². The molecule has 182 valence electrons. The van der Waals surface area contributed by atoms with Crippen LogP contribution >= 0.6 is 11.6 Å². The van der Waals surface area contributed by atoms with E-state index in [-0.39, 0.29) is 6.10 Å². The molecular formula is C23H35BClN3O5. The number of carbonyl (C=O) groups is 1. The molecule has 0 radical (unpaired) electrons. The van der Waals surface area contributed by atoms with Crippen molar-refractivity contribution in [2.24, 2.45) is 0 Å². The molecule has 0 bridgehead atoms. The molecule has 10 heteroatoms. The van der Waals surface area contributed by atoms with Gasteiger partial charge in [0.2, 0.25) is 0 Å². The molecular weight excluding hydrogens is 445 g/mol. The summed E-state index contributed by atoms with van der Waals surface area (Å²) >= 11 is 6.40. The summed E-state index contributed by atoms with van der Waals surface area (Å²) in [5.41, 5.74) is 0.877. The fourth-order valence-electron chi connectivity index (χ4n) is 3.64. The van der Waals surface area contributed by atoms with Gasteiger partial charge in [0, 0.05) is 24.6 Å². The van der Waals surface area contributed by atoms with Crippen molar-refractivity contribution in [2.75, 3.05) is 20.7 Å². The Balaban J connectivity index is 1.88. The number of fused-ring (bicyclic) bond motifs is 1. The zero-order valence-corrected chi connectivity index (χ0v) is 21.8. The van der Waals surface area contributed by atoms with Gasteiger partial charge in [0.1, 0.15) is 5.60 Å². The van der Waals surface area contributed by atoms with Gasteiger partial charge in [0.05, 0.1) is 47.8 Å². The van der Waals surface area contributed by atoms with Crippen LogP contribution in [0.15, 0.2) is 18.5 Å². The van der Waals surface area contributed by atoms with E-state index in [0.29, 0.717) is 18.1 Å². The maximum atomic E-state index is 12.4. The number of amides is 1. The second-order valence-electron chi connectivity index (χ2n) is 10.6. The fraction of sp³-hybridized carbons (Fsp3) is 0.652. The Morgan fingerprint density at radius 1 is 1.24 bits per heavy atom. The number of carbonyl (C=O) groups excluding carboxylic acids is 1. The highest BCUT2D eigenvalue weighted by Gasteiger charge is 2.52. The quantitative estimate of drug-likeness (QED) is 0.586. The molecule has 0 N–H and O–H groups in total. The van der Waals surface area contributed by atoms with E-state index in [4.69, 9.17) is 30.4 Å². The largest absolute Gasteiger partial charge is 0.497 e. The summed E-state index contributed by atoms with van der Waals surface area (Å²) in [6, 6.07) is 3.68. The summed E-state index contributed by atoms with van der Waals surface area (Å²) in [5.74, 6) is 0. The Kier molecular flexibility index (Phi) is 7.11. The first-order valence-corrected chi connectivity index (χ1v) is 11.5. The van der Waals surface area contributed by atoms with Crippen molar-refractivity contribution < 1.29 is 23.6 Å². The van der Waals surface area contributed by atoms with Crippen LogP contribution in [0.2, 0.25) is 5.02 Å². The molecule has 1 aromatic heterocycles. The molecule has 1 aromatic carbocycles. The molecule has 1 amide bonds. The minimum Gasteiger partial charge on any atom is -0.444 e. The van der Waals surface area contributed by atoms with E-state index >= 15 is 0 Å². The van der Waals surface area contributed by atoms with Crippen LogP contribution in [0.25, 0.3) is 11.0 Å². The van der Waals surface area contributed by atoms with Crippen molar-refractivity contribution in [1.29, 1.82) is 0 Å². The van der Waals surface area contributed by atoms with Crippen LogP contribution in [-0.4, -0.2) is 71.3 Å². The number of nitrogens with zero attached hydrogens (tertiary/aromatic N) is 3. The monoisotopic (exact) mass is 479 g/mol. The highest BCUT2D eigenvalue weighted by Crippen LogP contribution is 2.37. The SMILES string of the molecule is COC(CN(C)C(=O)OC(C)(C)C)Cn1cnc2cc(Cl)cc(B3OC(C)(C)C(C)(C)O3)c21. The number of halogens is 1. The number of hydrogen-bond acceptors (Lipinski definition) is 6. The van der Waals surface area contributed by atoms with Crippen LogP contribution in [0.5, 0.6) is 0 Å². The molecule has 1 aliphatic rings. The Hall–Kier alpha value is -1.81. The highest BCUT2D eigenvalue weighted by molar-refractivity contribution is 6.65. The molecule has 1 saturated heterocycles. The topological polar surface area (TPSA) is 75.0 Å². The van der Waals surface area contributed by atoms with Crippen molar-refractivity contribution in [1.82, 2.24) is 14.5 Å². The minimum atomic E-state index is -0.586. The third kappa shape index (κ3) is 5.65. The van der Waals surface area contributed by atoms with Gasteiger partial charge in [-0.2, -0.15) is 0 Å². The first kappa shape index (κ1) is 25.8. The molecule has 1 unspecified atom stereocenters. The van der Waals surface area contributed by atoms with Gasteiger partial charge >= 0.3 is 13.2 Å². The van der Waals surface area contributed by atoms with Crippen molar-refractivity contribution in [3.05, 3.63) is 23.5 Å². The molecule has 0 saturated carbocycles. The lowest BCUT2D eigenvalue weighted by atomic mass is 9.78. The van der Waals surface area contributed by atoms with E-state index in [1.807, 2.05) is 65.2 Å². The van der Waals surface area contributed by atoms with Crippen LogP contribution in [-0.2, 0) is 25.3 Å². The number of methoxy groups -OCH3 is 1. The zero-order chi connectivity index (χ0) is 24.8. The number of ether oxygens (including phenoxy) is 2. The van der Waals surface area contributed by atoms with Crippen LogP contribution in [0.3, 0.4) is 0 Å². The zero-order valence-electron chi connectivity index (χ0n) is 21.1. The predicted molar refractivity (Wildman–Crippen MR) is 130 cm³/mol. The molecule has 8 nitrogen and oxygen atoms in total. The normalized spacial score (nSPS) is 18.5. The summed E-state index contributed by atoms with van der Waals surface area (Å²) in [6.45, 7) is 14.4. The number of aromatic nitrogens is 2. The Morgan fingerprint density at radius 3 is 2.39 bits per heavy atom. The van der Waals surface area contributed by atoms with Gasteiger partial charge in [0.15, 0.2) is 0 Å². The summed E-state index contributed by atoms with van der Waals surface area (Å²) in [6.07, 6.45) is 1.06. The van der Waals surface area contributed by atoms with E-state index in [2.05, 4.69) is 4.98 Å². The average molecular weight is 480 g/mol. The second kappa shape index (κ2) is 9.10. The van der Waals surface area contributed by atoms with Gasteiger partial charge < -0.3 is 28.2 Å². The number of likely N-dealkylation sites (N-methyl/N-ethyl adjacent to an activating group) is 1. The van der Waals surface area contributed by atoms with E-state index in [1.54, 1.807) is 20.5 Å². The van der Waals surface area contributed by atoms with Gasteiger partial charge in [-0.3, -0.25) is 0 Å². The summed E-state index contributed by atoms with van der Waals surface area (Å²) < 4.78 is 25.7. The van der Waals surface area contributed by atoms with Crippen LogP contribution in [0.4, 0.5) is 4.79 Å². The number of imidazole rings is 1. The molecule has 1 atom stereocenters. The first-order valence-electron chi connectivity index (χ1n) is 11.1. The van der Waals surface area contributed by atoms with Crippen molar-refractivity contribution in [3.8, 4) is 0 Å². The Morgan fingerprint density at radius 2 is 1.85 bits per heavy atom. The van der Waals surface area contributed by atoms with Crippen molar-refractivity contribution in [3.63, 3.8) is 0 Å². The number of benzene rings is 1. The predicted octanol–water partition coefficient (Wildman–Crippen LogP) is 3.87. The third-order valence-electron chi connectivity index (χ3n) is 6.13. The second-order valence-corrected chi connectivity index (χ2v) is 11.0. The van der Waals surface area contributed by atoms with Gasteiger partial charge in [-0.1, -0.05) is 11.6 Å². The highest BCUT2D eigenvalue weighted by atomic mass is 35.5. The number of hydrogen-bond donors (Lipinski definition) is 0. The molecule has 2 aromatic rings. The van der Waals surface area contributed by atoms with Crippen LogP contribution < -0.4 is 5.46 Å². The molecule has 1 aliphatic heterocycles. The molecule has 1 fully saturated rings. The Bertz CT molecular complexity index is 1000. The van der Waals surface area contributed by atoms with Crippen molar-refractivity contribution in [2.45, 2.75) is 77.9 Å². The number of rotatable bonds is 6. The Labute approximate surface area is 201 Å². The van der Waals surface area contributed by atoms with Crippen LogP contribution in [0, 0.1) is 0 Å². The maximum absolute atomic E-state index is 12.4.